The Morgan fingerprint density at radius 2 is 1.53 bits per heavy atom. The summed E-state index contributed by atoms with van der Waals surface area (Å²) in [5.74, 6) is -1.07. The lowest BCUT2D eigenvalue weighted by atomic mass is 10.2. The van der Waals surface area contributed by atoms with E-state index >= 15 is 0 Å². The molecule has 1 aromatic carbocycles. The van der Waals surface area contributed by atoms with Gasteiger partial charge in [0.25, 0.3) is 11.8 Å². The van der Waals surface area contributed by atoms with Crippen molar-refractivity contribution in [1.82, 2.24) is 0 Å². The molecule has 6 heteroatoms. The number of rotatable bonds is 2. The van der Waals surface area contributed by atoms with Crippen LogP contribution in [0.3, 0.4) is 0 Å². The fourth-order valence-electron chi connectivity index (χ4n) is 1.63. The molecule has 17 heavy (non-hydrogen) atoms. The molecule has 1 fully saturated rings. The van der Waals surface area contributed by atoms with Crippen LogP contribution in [0.4, 0.5) is 5.69 Å². The lowest BCUT2D eigenvalue weighted by Crippen LogP contribution is -2.31. The molecule has 2 rings (SSSR count). The Morgan fingerprint density at radius 3 is 1.94 bits per heavy atom. The summed E-state index contributed by atoms with van der Waals surface area (Å²) in [6.07, 6.45) is -3.38. The van der Waals surface area contributed by atoms with Gasteiger partial charge in [0.05, 0.1) is 12.8 Å². The highest BCUT2D eigenvalue weighted by atomic mass is 16.5. The van der Waals surface area contributed by atoms with E-state index in [2.05, 4.69) is 0 Å². The van der Waals surface area contributed by atoms with Gasteiger partial charge in [-0.3, -0.25) is 9.59 Å². The zero-order valence-electron chi connectivity index (χ0n) is 9.03. The molecule has 90 valence electrons. The van der Waals surface area contributed by atoms with E-state index in [1.165, 1.54) is 19.2 Å². The largest absolute Gasteiger partial charge is 0.497 e. The average Bonchev–Trinajstić information content (AvgIpc) is 2.54. The maximum absolute atomic E-state index is 11.5. The van der Waals surface area contributed by atoms with E-state index in [0.29, 0.717) is 5.75 Å². The third-order valence-electron chi connectivity index (χ3n) is 2.58. The Balaban J connectivity index is 2.33. The second-order valence-corrected chi connectivity index (χ2v) is 3.60. The molecule has 1 heterocycles. The van der Waals surface area contributed by atoms with Crippen LogP contribution in [0.5, 0.6) is 5.75 Å². The molecule has 0 aliphatic carbocycles. The molecule has 0 unspecified atom stereocenters. The summed E-state index contributed by atoms with van der Waals surface area (Å²) in [5.41, 5.74) is 0.288. The molecule has 0 bridgehead atoms. The summed E-state index contributed by atoms with van der Waals surface area (Å²) in [7, 11) is 1.49. The molecule has 1 aromatic rings. The van der Waals surface area contributed by atoms with Gasteiger partial charge in [0.2, 0.25) is 0 Å². The molecule has 1 saturated heterocycles. The molecule has 2 N–H and O–H groups in total. The second-order valence-electron chi connectivity index (χ2n) is 3.60. The molecule has 1 aliphatic heterocycles. The van der Waals surface area contributed by atoms with E-state index in [1.807, 2.05) is 0 Å². The Hall–Kier alpha value is -1.92. The number of benzene rings is 1. The van der Waals surface area contributed by atoms with Gasteiger partial charge in [-0.15, -0.1) is 0 Å². The quantitative estimate of drug-likeness (QED) is 0.663. The standard InChI is InChI=1S/C11H11NO5/c1-17-7-4-2-6(3-5-7)12-10(15)8(13)9(14)11(12)16/h2-5,8-9,13-14H,1H3/t8-,9-/m1/s1. The number of imide groups is 1. The minimum Gasteiger partial charge on any atom is -0.497 e. The lowest BCUT2D eigenvalue weighted by molar-refractivity contribution is -0.129. The first-order chi connectivity index (χ1) is 8.06. The number of ether oxygens (including phenoxy) is 1. The smallest absolute Gasteiger partial charge is 0.265 e. The van der Waals surface area contributed by atoms with Crippen LogP contribution in [-0.4, -0.2) is 41.3 Å². The highest BCUT2D eigenvalue weighted by Crippen LogP contribution is 2.25. The Bertz CT molecular complexity index is 435. The maximum atomic E-state index is 11.5. The number of methoxy groups -OCH3 is 1. The van der Waals surface area contributed by atoms with Gasteiger partial charge in [-0.05, 0) is 24.3 Å². The van der Waals surface area contributed by atoms with Gasteiger partial charge in [0.15, 0.2) is 12.2 Å². The predicted molar refractivity (Wildman–Crippen MR) is 57.5 cm³/mol. The molecule has 0 radical (unpaired) electrons. The number of nitrogens with zero attached hydrogens (tertiary/aromatic N) is 1. The zero-order chi connectivity index (χ0) is 12.6. The van der Waals surface area contributed by atoms with Gasteiger partial charge in [-0.25, -0.2) is 4.90 Å². The molecule has 2 amide bonds. The van der Waals surface area contributed by atoms with E-state index in [0.717, 1.165) is 4.90 Å². The fraction of sp³-hybridized carbons (Fsp3) is 0.273. The third-order valence-corrected chi connectivity index (χ3v) is 2.58. The third kappa shape index (κ3) is 1.77. The monoisotopic (exact) mass is 237 g/mol. The van der Waals surface area contributed by atoms with Crippen LogP contribution in [0.25, 0.3) is 0 Å². The van der Waals surface area contributed by atoms with Crippen molar-refractivity contribution in [3.63, 3.8) is 0 Å². The van der Waals surface area contributed by atoms with Crippen molar-refractivity contribution in [1.29, 1.82) is 0 Å². The molecular weight excluding hydrogens is 226 g/mol. The lowest BCUT2D eigenvalue weighted by Gasteiger charge is -2.13. The van der Waals surface area contributed by atoms with Crippen molar-refractivity contribution >= 4 is 17.5 Å². The van der Waals surface area contributed by atoms with E-state index in [4.69, 9.17) is 4.74 Å². The van der Waals surface area contributed by atoms with Crippen LogP contribution in [0, 0.1) is 0 Å². The molecule has 0 aromatic heterocycles. The van der Waals surface area contributed by atoms with Crippen LogP contribution in [-0.2, 0) is 9.59 Å². The summed E-state index contributed by atoms with van der Waals surface area (Å²) >= 11 is 0. The first-order valence-electron chi connectivity index (χ1n) is 4.94. The number of anilines is 1. The Morgan fingerprint density at radius 1 is 1.06 bits per heavy atom. The van der Waals surface area contributed by atoms with Gasteiger partial charge in [-0.1, -0.05) is 0 Å². The first-order valence-corrected chi connectivity index (χ1v) is 4.94. The number of hydrogen-bond acceptors (Lipinski definition) is 5. The maximum Gasteiger partial charge on any atom is 0.265 e. The van der Waals surface area contributed by atoms with E-state index in [-0.39, 0.29) is 5.69 Å². The highest BCUT2D eigenvalue weighted by molar-refractivity contribution is 6.24. The minimum atomic E-state index is -1.69. The van der Waals surface area contributed by atoms with Crippen molar-refractivity contribution in [3.8, 4) is 5.75 Å². The van der Waals surface area contributed by atoms with Crippen molar-refractivity contribution in [2.75, 3.05) is 12.0 Å². The summed E-state index contributed by atoms with van der Waals surface area (Å²) < 4.78 is 4.94. The first kappa shape index (κ1) is 11.6. The summed E-state index contributed by atoms with van der Waals surface area (Å²) in [6.45, 7) is 0. The van der Waals surface area contributed by atoms with Gasteiger partial charge < -0.3 is 14.9 Å². The van der Waals surface area contributed by atoms with Crippen LogP contribution < -0.4 is 9.64 Å². The van der Waals surface area contributed by atoms with Gasteiger partial charge in [-0.2, -0.15) is 0 Å². The molecule has 0 spiro atoms. The van der Waals surface area contributed by atoms with Crippen molar-refractivity contribution in [2.45, 2.75) is 12.2 Å². The van der Waals surface area contributed by atoms with Crippen molar-refractivity contribution in [3.05, 3.63) is 24.3 Å². The second kappa shape index (κ2) is 4.15. The average molecular weight is 237 g/mol. The predicted octanol–water partition coefficient (Wildman–Crippen LogP) is -0.710. The van der Waals surface area contributed by atoms with E-state index in [9.17, 15) is 19.8 Å². The topological polar surface area (TPSA) is 87.1 Å². The van der Waals surface area contributed by atoms with Gasteiger partial charge >= 0.3 is 0 Å². The van der Waals surface area contributed by atoms with Crippen molar-refractivity contribution < 1.29 is 24.5 Å². The van der Waals surface area contributed by atoms with Crippen LogP contribution in [0.2, 0.25) is 0 Å². The number of aliphatic hydroxyl groups is 2. The molecule has 0 saturated carbocycles. The Kier molecular flexibility index (Phi) is 2.83. The van der Waals surface area contributed by atoms with E-state index in [1.54, 1.807) is 12.1 Å². The van der Waals surface area contributed by atoms with Crippen LogP contribution in [0.15, 0.2) is 24.3 Å². The molecule has 6 nitrogen and oxygen atoms in total. The number of amides is 2. The SMILES string of the molecule is COc1ccc(N2C(=O)[C@H](O)[C@@H](O)C2=O)cc1. The van der Waals surface area contributed by atoms with E-state index < -0.39 is 24.0 Å². The normalized spacial score (nSPS) is 24.3. The highest BCUT2D eigenvalue weighted by Gasteiger charge is 2.46. The summed E-state index contributed by atoms with van der Waals surface area (Å²) in [4.78, 5) is 23.8. The molecule has 2 atom stereocenters. The Labute approximate surface area is 97.0 Å². The zero-order valence-corrected chi connectivity index (χ0v) is 9.03. The van der Waals surface area contributed by atoms with Gasteiger partial charge in [0, 0.05) is 0 Å². The molecular formula is C11H11NO5. The molecule has 1 aliphatic rings. The number of carbonyl (C=O) groups is 2. The van der Waals surface area contributed by atoms with Crippen LogP contribution in [0.1, 0.15) is 0 Å². The number of carbonyl (C=O) groups excluding carboxylic acids is 2. The summed E-state index contributed by atoms with van der Waals surface area (Å²) in [6, 6.07) is 6.15. The number of aliphatic hydroxyl groups excluding tert-OH is 2. The van der Waals surface area contributed by atoms with Crippen molar-refractivity contribution in [2.24, 2.45) is 0 Å². The van der Waals surface area contributed by atoms with Crippen LogP contribution >= 0.6 is 0 Å². The number of hydrogen-bond donors (Lipinski definition) is 2. The minimum absolute atomic E-state index is 0.288. The fourth-order valence-corrected chi connectivity index (χ4v) is 1.63. The van der Waals surface area contributed by atoms with Gasteiger partial charge in [0.1, 0.15) is 5.75 Å². The summed E-state index contributed by atoms with van der Waals surface area (Å²) in [5, 5.41) is 18.6.